The van der Waals surface area contributed by atoms with E-state index in [1.165, 1.54) is 0 Å². The molecule has 34 heavy (non-hydrogen) atoms. The highest BCUT2D eigenvalue weighted by molar-refractivity contribution is 6.30. The van der Waals surface area contributed by atoms with Crippen molar-refractivity contribution < 1.29 is 24.5 Å². The fourth-order valence-corrected chi connectivity index (χ4v) is 4.47. The molecule has 3 unspecified atom stereocenters. The molecule has 0 radical (unpaired) electrons. The Bertz CT molecular complexity index is 1110. The van der Waals surface area contributed by atoms with Crippen LogP contribution in [-0.4, -0.2) is 46.8 Å². The normalized spacial score (nSPS) is 21.7. The lowest BCUT2D eigenvalue weighted by molar-refractivity contribution is -0.283. The number of hydrogen-bond acceptors (Lipinski definition) is 5. The zero-order valence-electron chi connectivity index (χ0n) is 18.9. The molecule has 0 aromatic heterocycles. The largest absolute Gasteiger partial charge is 0.482 e. The summed E-state index contributed by atoms with van der Waals surface area (Å²) < 4.78 is 11.5. The van der Waals surface area contributed by atoms with E-state index in [-0.39, 0.29) is 18.8 Å². The molecule has 0 spiro atoms. The molecule has 3 aromatic rings. The van der Waals surface area contributed by atoms with Crippen molar-refractivity contribution in [1.29, 1.82) is 0 Å². The van der Waals surface area contributed by atoms with Gasteiger partial charge < -0.3 is 19.7 Å². The zero-order chi connectivity index (χ0) is 24.1. The highest BCUT2D eigenvalue weighted by atomic mass is 35.5. The second-order valence-corrected chi connectivity index (χ2v) is 9.06. The number of hydrogen-bond donors (Lipinski definition) is 2. The fourth-order valence-electron chi connectivity index (χ4n) is 4.27. The van der Waals surface area contributed by atoms with Gasteiger partial charge in [-0.05, 0) is 48.7 Å². The van der Waals surface area contributed by atoms with E-state index >= 15 is 0 Å². The number of rotatable bonds is 8. The first kappa shape index (κ1) is 24.2. The molecule has 1 saturated heterocycles. The summed E-state index contributed by atoms with van der Waals surface area (Å²) in [6.45, 7) is 2.69. The number of morpholine rings is 1. The van der Waals surface area contributed by atoms with Crippen LogP contribution in [0.3, 0.4) is 0 Å². The Hall–Kier alpha value is -2.90. The number of aliphatic hydroxyl groups is 1. The second-order valence-electron chi connectivity index (χ2n) is 8.62. The van der Waals surface area contributed by atoms with E-state index in [2.05, 4.69) is 11.8 Å². The van der Waals surface area contributed by atoms with Gasteiger partial charge in [-0.25, -0.2) is 4.79 Å². The number of nitrogens with zero attached hydrogens (tertiary/aromatic N) is 1. The standard InChI is InChI=1S/C27H28ClNO5/c1-19(14-20-10-12-24(13-11-20)33-17-26(30)31)29-16-25(21-6-5-9-23(28)15-21)34-27(32,18-29)22-7-3-2-4-8-22/h2-13,15,19,25,32H,14,16-18H2,1H3,(H,30,31). The number of aliphatic carboxylic acids is 1. The van der Waals surface area contributed by atoms with E-state index in [9.17, 15) is 9.90 Å². The Morgan fingerprint density at radius 2 is 1.88 bits per heavy atom. The molecule has 178 valence electrons. The molecule has 0 bridgehead atoms. The SMILES string of the molecule is CC(Cc1ccc(OCC(=O)O)cc1)N1CC(c2cccc(Cl)c2)OC(O)(c2ccccc2)C1. The maximum absolute atomic E-state index is 11.6. The minimum absolute atomic E-state index is 0.103. The average molecular weight is 482 g/mol. The van der Waals surface area contributed by atoms with Crippen molar-refractivity contribution in [3.05, 3.63) is 101 Å². The van der Waals surface area contributed by atoms with E-state index in [1.807, 2.05) is 66.7 Å². The van der Waals surface area contributed by atoms with Crippen LogP contribution in [0.15, 0.2) is 78.9 Å². The van der Waals surface area contributed by atoms with Gasteiger partial charge >= 0.3 is 5.97 Å². The molecule has 1 heterocycles. The van der Waals surface area contributed by atoms with Crippen LogP contribution in [0.2, 0.25) is 5.02 Å². The average Bonchev–Trinajstić information content (AvgIpc) is 2.84. The van der Waals surface area contributed by atoms with Crippen molar-refractivity contribution in [2.45, 2.75) is 31.3 Å². The Balaban J connectivity index is 1.53. The molecular formula is C27H28ClNO5. The Kier molecular flexibility index (Phi) is 7.54. The van der Waals surface area contributed by atoms with Gasteiger partial charge in [-0.1, -0.05) is 66.2 Å². The van der Waals surface area contributed by atoms with Crippen LogP contribution in [0.4, 0.5) is 0 Å². The Morgan fingerprint density at radius 1 is 1.15 bits per heavy atom. The Morgan fingerprint density at radius 3 is 2.56 bits per heavy atom. The predicted molar refractivity (Wildman–Crippen MR) is 130 cm³/mol. The summed E-state index contributed by atoms with van der Waals surface area (Å²) in [5.74, 6) is -1.95. The third kappa shape index (κ3) is 5.96. The molecule has 0 amide bonds. The van der Waals surface area contributed by atoms with Gasteiger partial charge in [0.1, 0.15) is 5.75 Å². The highest BCUT2D eigenvalue weighted by Gasteiger charge is 2.42. The topological polar surface area (TPSA) is 79.2 Å². The molecule has 1 aliphatic rings. The summed E-state index contributed by atoms with van der Waals surface area (Å²) in [4.78, 5) is 12.9. The first-order valence-corrected chi connectivity index (χ1v) is 11.6. The van der Waals surface area contributed by atoms with Crippen molar-refractivity contribution in [2.75, 3.05) is 19.7 Å². The fraction of sp³-hybridized carbons (Fsp3) is 0.296. The summed E-state index contributed by atoms with van der Waals surface area (Å²) in [6.07, 6.45) is 0.388. The molecule has 7 heteroatoms. The first-order valence-electron chi connectivity index (χ1n) is 11.2. The van der Waals surface area contributed by atoms with E-state index in [0.717, 1.165) is 17.5 Å². The van der Waals surface area contributed by atoms with Crippen LogP contribution in [0.25, 0.3) is 0 Å². The van der Waals surface area contributed by atoms with Crippen molar-refractivity contribution in [3.63, 3.8) is 0 Å². The van der Waals surface area contributed by atoms with Crippen LogP contribution < -0.4 is 4.74 Å². The molecule has 6 nitrogen and oxygen atoms in total. The summed E-state index contributed by atoms with van der Waals surface area (Å²) in [5, 5.41) is 21.0. The first-order chi connectivity index (χ1) is 16.3. The van der Waals surface area contributed by atoms with Crippen LogP contribution >= 0.6 is 11.6 Å². The molecule has 0 aliphatic carbocycles. The van der Waals surface area contributed by atoms with Crippen molar-refractivity contribution >= 4 is 17.6 Å². The van der Waals surface area contributed by atoms with Crippen molar-refractivity contribution in [1.82, 2.24) is 4.90 Å². The lowest BCUT2D eigenvalue weighted by Crippen LogP contribution is -2.54. The number of carbonyl (C=O) groups is 1. The van der Waals surface area contributed by atoms with Crippen molar-refractivity contribution in [3.8, 4) is 5.75 Å². The third-order valence-corrected chi connectivity index (χ3v) is 6.28. The van der Waals surface area contributed by atoms with Crippen molar-refractivity contribution in [2.24, 2.45) is 0 Å². The van der Waals surface area contributed by atoms with E-state index in [1.54, 1.807) is 12.1 Å². The predicted octanol–water partition coefficient (Wildman–Crippen LogP) is 4.65. The van der Waals surface area contributed by atoms with Gasteiger partial charge in [-0.2, -0.15) is 0 Å². The van der Waals surface area contributed by atoms with E-state index in [4.69, 9.17) is 26.2 Å². The zero-order valence-corrected chi connectivity index (χ0v) is 19.7. The summed E-state index contributed by atoms with van der Waals surface area (Å²) in [6, 6.07) is 24.5. The second kappa shape index (κ2) is 10.6. The van der Waals surface area contributed by atoms with Gasteiger partial charge in [0.25, 0.3) is 0 Å². The maximum atomic E-state index is 11.6. The number of carboxylic acid groups (broad SMARTS) is 1. The Labute approximate surface area is 204 Å². The molecule has 1 fully saturated rings. The monoisotopic (exact) mass is 481 g/mol. The highest BCUT2D eigenvalue weighted by Crippen LogP contribution is 2.37. The number of benzene rings is 3. The molecule has 1 aliphatic heterocycles. The number of β-amino-alcohol motifs (C(OH)–C–C–N with tert-alkyl or cyclic N) is 1. The minimum Gasteiger partial charge on any atom is -0.482 e. The smallest absolute Gasteiger partial charge is 0.341 e. The molecule has 0 saturated carbocycles. The molecule has 3 aromatic carbocycles. The summed E-state index contributed by atoms with van der Waals surface area (Å²) in [7, 11) is 0. The summed E-state index contributed by atoms with van der Waals surface area (Å²) in [5.41, 5.74) is 2.71. The van der Waals surface area contributed by atoms with E-state index < -0.39 is 11.8 Å². The van der Waals surface area contributed by atoms with Gasteiger partial charge in [-0.3, -0.25) is 4.90 Å². The quantitative estimate of drug-likeness (QED) is 0.487. The van der Waals surface area contributed by atoms with Crippen LogP contribution in [0.1, 0.15) is 29.7 Å². The number of ether oxygens (including phenoxy) is 2. The molecule has 4 rings (SSSR count). The molecule has 2 N–H and O–H groups in total. The van der Waals surface area contributed by atoms with Gasteiger partial charge in [0.05, 0.1) is 12.6 Å². The van der Waals surface area contributed by atoms with E-state index in [0.29, 0.717) is 29.4 Å². The molecule has 3 atom stereocenters. The van der Waals surface area contributed by atoms with Crippen LogP contribution in [0, 0.1) is 0 Å². The van der Waals surface area contributed by atoms with Crippen LogP contribution in [0.5, 0.6) is 5.75 Å². The number of halogens is 1. The molecular weight excluding hydrogens is 454 g/mol. The maximum Gasteiger partial charge on any atom is 0.341 e. The van der Waals surface area contributed by atoms with Gasteiger partial charge in [0.15, 0.2) is 6.61 Å². The third-order valence-electron chi connectivity index (χ3n) is 6.04. The summed E-state index contributed by atoms with van der Waals surface area (Å²) >= 11 is 6.24. The minimum atomic E-state index is -1.46. The van der Waals surface area contributed by atoms with Gasteiger partial charge in [0, 0.05) is 23.2 Å². The lowest BCUT2D eigenvalue weighted by atomic mass is 9.97. The van der Waals surface area contributed by atoms with Crippen LogP contribution in [-0.2, 0) is 21.7 Å². The van der Waals surface area contributed by atoms with Gasteiger partial charge in [0.2, 0.25) is 5.79 Å². The van der Waals surface area contributed by atoms with Gasteiger partial charge in [-0.15, -0.1) is 0 Å². The number of carboxylic acids is 1. The lowest BCUT2D eigenvalue weighted by Gasteiger charge is -2.46.